The lowest BCUT2D eigenvalue weighted by Crippen LogP contribution is -1.90. The maximum absolute atomic E-state index is 9.91. The van der Waals surface area contributed by atoms with Crippen molar-refractivity contribution < 1.29 is 10.2 Å². The first-order valence-electron chi connectivity index (χ1n) is 5.84. The van der Waals surface area contributed by atoms with Gasteiger partial charge in [-0.3, -0.25) is 0 Å². The van der Waals surface area contributed by atoms with Crippen LogP contribution in [0.5, 0.6) is 11.5 Å². The van der Waals surface area contributed by atoms with Crippen LogP contribution in [0.2, 0.25) is 0 Å². The summed E-state index contributed by atoms with van der Waals surface area (Å²) in [5, 5.41) is 23.9. The number of phenols is 2. The van der Waals surface area contributed by atoms with Crippen LogP contribution in [0.25, 0.3) is 12.2 Å². The van der Waals surface area contributed by atoms with Crippen LogP contribution >= 0.6 is 11.3 Å². The van der Waals surface area contributed by atoms with Crippen LogP contribution in [-0.2, 0) is 0 Å². The zero-order chi connectivity index (χ0) is 13.1. The highest BCUT2D eigenvalue weighted by Gasteiger charge is 2.12. The largest absolute Gasteiger partial charge is 0.507 e. The Morgan fingerprint density at radius 1 is 1.06 bits per heavy atom. The summed E-state index contributed by atoms with van der Waals surface area (Å²) in [4.78, 5) is 0. The third-order valence-electron chi connectivity index (χ3n) is 2.75. The number of hydrogen-bond acceptors (Lipinski definition) is 3. The molecule has 94 valence electrons. The molecule has 2 aromatic rings. The van der Waals surface area contributed by atoms with Crippen LogP contribution in [0.3, 0.4) is 0 Å². The Balaban J connectivity index is 2.31. The van der Waals surface area contributed by atoms with Crippen molar-refractivity contribution in [3.63, 3.8) is 0 Å². The lowest BCUT2D eigenvalue weighted by molar-refractivity contribution is 0.433. The second-order valence-corrected chi connectivity index (χ2v) is 5.30. The van der Waals surface area contributed by atoms with Gasteiger partial charge in [0, 0.05) is 5.56 Å². The Bertz CT molecular complexity index is 531. The summed E-state index contributed by atoms with van der Waals surface area (Å²) < 4.78 is 0. The van der Waals surface area contributed by atoms with E-state index < -0.39 is 0 Å². The molecule has 0 unspecified atom stereocenters. The van der Waals surface area contributed by atoms with Gasteiger partial charge < -0.3 is 10.2 Å². The van der Waals surface area contributed by atoms with Gasteiger partial charge in [-0.25, -0.2) is 0 Å². The standard InChI is InChI=1S/C15H16O2S/c1-10(2)15-13(16)7-12(8-14(15)17)4-3-11-5-6-18-9-11/h3-10,16-17H,1-2H3. The van der Waals surface area contributed by atoms with E-state index in [-0.39, 0.29) is 17.4 Å². The molecule has 1 heterocycles. The Kier molecular flexibility index (Phi) is 3.72. The van der Waals surface area contributed by atoms with Crippen molar-refractivity contribution in [2.45, 2.75) is 19.8 Å². The number of hydrogen-bond donors (Lipinski definition) is 2. The lowest BCUT2D eigenvalue weighted by Gasteiger charge is -2.11. The molecule has 2 N–H and O–H groups in total. The highest BCUT2D eigenvalue weighted by atomic mass is 32.1. The normalized spacial score (nSPS) is 11.5. The summed E-state index contributed by atoms with van der Waals surface area (Å²) >= 11 is 1.64. The van der Waals surface area contributed by atoms with Gasteiger partial charge >= 0.3 is 0 Å². The van der Waals surface area contributed by atoms with E-state index in [1.54, 1.807) is 23.5 Å². The summed E-state index contributed by atoms with van der Waals surface area (Å²) in [6.45, 7) is 3.88. The Labute approximate surface area is 111 Å². The highest BCUT2D eigenvalue weighted by Crippen LogP contribution is 2.35. The van der Waals surface area contributed by atoms with Gasteiger partial charge in [0.05, 0.1) is 0 Å². The Morgan fingerprint density at radius 3 is 2.17 bits per heavy atom. The monoisotopic (exact) mass is 260 g/mol. The van der Waals surface area contributed by atoms with Gasteiger partial charge in [-0.05, 0) is 46.0 Å². The minimum atomic E-state index is 0.0971. The molecule has 0 aliphatic heterocycles. The highest BCUT2D eigenvalue weighted by molar-refractivity contribution is 7.08. The van der Waals surface area contributed by atoms with Crippen LogP contribution in [0, 0.1) is 0 Å². The number of benzene rings is 1. The van der Waals surface area contributed by atoms with Crippen molar-refractivity contribution in [2.75, 3.05) is 0 Å². The van der Waals surface area contributed by atoms with E-state index in [1.165, 1.54) is 0 Å². The first-order valence-corrected chi connectivity index (χ1v) is 6.78. The van der Waals surface area contributed by atoms with E-state index in [0.717, 1.165) is 11.1 Å². The molecule has 3 heteroatoms. The minimum absolute atomic E-state index is 0.0971. The minimum Gasteiger partial charge on any atom is -0.507 e. The fraction of sp³-hybridized carbons (Fsp3) is 0.200. The molecule has 0 aliphatic carbocycles. The molecule has 18 heavy (non-hydrogen) atoms. The fourth-order valence-electron chi connectivity index (χ4n) is 1.89. The van der Waals surface area contributed by atoms with Crippen molar-refractivity contribution in [3.8, 4) is 11.5 Å². The second kappa shape index (κ2) is 5.27. The van der Waals surface area contributed by atoms with E-state index in [1.807, 2.05) is 42.8 Å². The summed E-state index contributed by atoms with van der Waals surface area (Å²) in [6, 6.07) is 5.37. The molecule has 2 nitrogen and oxygen atoms in total. The van der Waals surface area contributed by atoms with E-state index in [4.69, 9.17) is 0 Å². The van der Waals surface area contributed by atoms with E-state index in [0.29, 0.717) is 5.56 Å². The van der Waals surface area contributed by atoms with Gasteiger partial charge in [0.15, 0.2) is 0 Å². The van der Waals surface area contributed by atoms with Gasteiger partial charge in [0.25, 0.3) is 0 Å². The maximum Gasteiger partial charge on any atom is 0.123 e. The molecule has 0 spiro atoms. The zero-order valence-electron chi connectivity index (χ0n) is 10.4. The van der Waals surface area contributed by atoms with Crippen LogP contribution in [0.4, 0.5) is 0 Å². The predicted octanol–water partition coefficient (Wildman–Crippen LogP) is 4.45. The van der Waals surface area contributed by atoms with Crippen molar-refractivity contribution in [1.82, 2.24) is 0 Å². The van der Waals surface area contributed by atoms with Crippen molar-refractivity contribution in [2.24, 2.45) is 0 Å². The maximum atomic E-state index is 9.91. The van der Waals surface area contributed by atoms with Crippen LogP contribution < -0.4 is 0 Å². The van der Waals surface area contributed by atoms with E-state index in [9.17, 15) is 10.2 Å². The fourth-order valence-corrected chi connectivity index (χ4v) is 2.52. The average Bonchev–Trinajstić information content (AvgIpc) is 2.77. The first kappa shape index (κ1) is 12.7. The van der Waals surface area contributed by atoms with Gasteiger partial charge in [-0.15, -0.1) is 0 Å². The summed E-state index contributed by atoms with van der Waals surface area (Å²) in [5.74, 6) is 0.393. The molecular weight excluding hydrogens is 244 g/mol. The number of thiophene rings is 1. The summed E-state index contributed by atoms with van der Waals surface area (Å²) in [5.41, 5.74) is 2.51. The lowest BCUT2D eigenvalue weighted by atomic mass is 9.98. The van der Waals surface area contributed by atoms with Crippen LogP contribution in [0.1, 0.15) is 36.5 Å². The number of rotatable bonds is 3. The summed E-state index contributed by atoms with van der Waals surface area (Å²) in [6.07, 6.45) is 3.84. The molecule has 0 aliphatic rings. The first-order chi connectivity index (χ1) is 8.58. The second-order valence-electron chi connectivity index (χ2n) is 4.52. The SMILES string of the molecule is CC(C)c1c(O)cc(C=Cc2ccsc2)cc1O. The van der Waals surface area contributed by atoms with Crippen LogP contribution in [0.15, 0.2) is 29.0 Å². The van der Waals surface area contributed by atoms with Crippen molar-refractivity contribution in [3.05, 3.63) is 45.6 Å². The molecule has 0 amide bonds. The molecule has 0 saturated heterocycles. The molecule has 0 bridgehead atoms. The van der Waals surface area contributed by atoms with Crippen molar-refractivity contribution >= 4 is 23.5 Å². The molecule has 0 saturated carbocycles. The van der Waals surface area contributed by atoms with E-state index in [2.05, 4.69) is 0 Å². The zero-order valence-corrected chi connectivity index (χ0v) is 11.2. The van der Waals surface area contributed by atoms with E-state index >= 15 is 0 Å². The van der Waals surface area contributed by atoms with Crippen molar-refractivity contribution in [1.29, 1.82) is 0 Å². The molecule has 2 rings (SSSR count). The van der Waals surface area contributed by atoms with Gasteiger partial charge in [0.2, 0.25) is 0 Å². The molecule has 1 aromatic heterocycles. The Hall–Kier alpha value is -1.74. The topological polar surface area (TPSA) is 40.5 Å². The summed E-state index contributed by atoms with van der Waals surface area (Å²) in [7, 11) is 0. The molecule has 1 aromatic carbocycles. The van der Waals surface area contributed by atoms with Gasteiger partial charge in [0.1, 0.15) is 11.5 Å². The van der Waals surface area contributed by atoms with Gasteiger partial charge in [-0.2, -0.15) is 11.3 Å². The molecule has 0 atom stereocenters. The third-order valence-corrected chi connectivity index (χ3v) is 3.45. The molecule has 0 radical (unpaired) electrons. The van der Waals surface area contributed by atoms with Crippen LogP contribution in [-0.4, -0.2) is 10.2 Å². The quantitative estimate of drug-likeness (QED) is 0.855. The average molecular weight is 260 g/mol. The molecular formula is C15H16O2S. The predicted molar refractivity (Wildman–Crippen MR) is 77.1 cm³/mol. The number of aromatic hydroxyl groups is 2. The van der Waals surface area contributed by atoms with Gasteiger partial charge in [-0.1, -0.05) is 26.0 Å². The molecule has 0 fully saturated rings. The third kappa shape index (κ3) is 2.74. The Morgan fingerprint density at radius 2 is 1.67 bits per heavy atom. The number of phenolic OH excluding ortho intramolecular Hbond substituents is 2. The smallest absolute Gasteiger partial charge is 0.123 e.